The Balaban J connectivity index is 1.10. The number of nitrogens with one attached hydrogen (secondary N) is 3. The van der Waals surface area contributed by atoms with Crippen LogP contribution in [0.5, 0.6) is 0 Å². The molecule has 1 saturated carbocycles. The third kappa shape index (κ3) is 5.85. The summed E-state index contributed by atoms with van der Waals surface area (Å²) in [4.78, 5) is 11.0. The topological polar surface area (TPSA) is 61.0 Å². The fourth-order valence-electron chi connectivity index (χ4n) is 6.63. The van der Waals surface area contributed by atoms with Crippen LogP contribution in [0.4, 0.5) is 13.2 Å². The molecule has 5 rings (SSSR count). The van der Waals surface area contributed by atoms with Crippen LogP contribution in [-0.4, -0.2) is 86.5 Å². The lowest BCUT2D eigenvalue weighted by Crippen LogP contribution is -2.57. The minimum atomic E-state index is -4.03. The van der Waals surface area contributed by atoms with E-state index in [1.165, 1.54) is 0 Å². The lowest BCUT2D eigenvalue weighted by atomic mass is 9.81. The molecule has 3 N–H and O–H groups in total. The second-order valence-electron chi connectivity index (χ2n) is 10.7. The van der Waals surface area contributed by atoms with Crippen molar-refractivity contribution in [2.75, 3.05) is 45.9 Å². The SMILES string of the molecule is FC(F)(F)C1CCC(CN2CCCC2C2NC(C3CCNC(N4CCOCC4)C3)NO2)CC1. The van der Waals surface area contributed by atoms with Gasteiger partial charge in [0.25, 0.3) is 0 Å². The van der Waals surface area contributed by atoms with E-state index in [0.717, 1.165) is 71.6 Å². The summed E-state index contributed by atoms with van der Waals surface area (Å²) in [6.45, 7) is 6.50. The molecular formula is C23H40F3N5O2. The summed E-state index contributed by atoms with van der Waals surface area (Å²) in [5.41, 5.74) is 3.29. The van der Waals surface area contributed by atoms with Crippen molar-refractivity contribution < 1.29 is 22.7 Å². The number of rotatable bonds is 5. The molecule has 5 unspecified atom stereocenters. The molecule has 0 bridgehead atoms. The standard InChI is InChI=1S/C23H40F3N5O2/c24-23(25,26)18-5-3-16(4-6-18)15-31-9-1-2-19(31)22-28-21(29-33-22)17-7-8-27-20(14-17)30-10-12-32-13-11-30/h16-22,27-29H,1-15H2. The van der Waals surface area contributed by atoms with Crippen LogP contribution in [0.15, 0.2) is 0 Å². The Labute approximate surface area is 195 Å². The van der Waals surface area contributed by atoms with Crippen molar-refractivity contribution in [2.24, 2.45) is 17.8 Å². The molecule has 7 nitrogen and oxygen atoms in total. The van der Waals surface area contributed by atoms with Crippen LogP contribution in [0.3, 0.4) is 0 Å². The molecule has 4 heterocycles. The monoisotopic (exact) mass is 475 g/mol. The van der Waals surface area contributed by atoms with E-state index in [1.807, 2.05) is 0 Å². The van der Waals surface area contributed by atoms with Gasteiger partial charge in [-0.3, -0.25) is 20.0 Å². The second-order valence-corrected chi connectivity index (χ2v) is 10.7. The van der Waals surface area contributed by atoms with Gasteiger partial charge in [0, 0.05) is 19.6 Å². The van der Waals surface area contributed by atoms with Crippen LogP contribution in [-0.2, 0) is 9.57 Å². The largest absolute Gasteiger partial charge is 0.391 e. The van der Waals surface area contributed by atoms with Gasteiger partial charge in [-0.1, -0.05) is 0 Å². The Hall–Kier alpha value is -0.490. The summed E-state index contributed by atoms with van der Waals surface area (Å²) in [5, 5.41) is 7.39. The Morgan fingerprint density at radius 3 is 2.48 bits per heavy atom. The molecule has 5 aliphatic rings. The highest BCUT2D eigenvalue weighted by atomic mass is 19.4. The van der Waals surface area contributed by atoms with Gasteiger partial charge in [-0.25, -0.2) is 0 Å². The van der Waals surface area contributed by atoms with E-state index in [1.54, 1.807) is 0 Å². The first-order valence-electron chi connectivity index (χ1n) is 13.0. The van der Waals surface area contributed by atoms with E-state index in [2.05, 4.69) is 25.9 Å². The molecule has 0 radical (unpaired) electrons. The van der Waals surface area contributed by atoms with Gasteiger partial charge in [0.2, 0.25) is 0 Å². The van der Waals surface area contributed by atoms with Crippen molar-refractivity contribution in [1.29, 1.82) is 0 Å². The average Bonchev–Trinajstić information content (AvgIpc) is 3.49. The number of hydroxylamine groups is 1. The van der Waals surface area contributed by atoms with Gasteiger partial charge in [-0.15, -0.1) is 0 Å². The lowest BCUT2D eigenvalue weighted by molar-refractivity contribution is -0.184. The maximum absolute atomic E-state index is 13.0. The van der Waals surface area contributed by atoms with Crippen molar-refractivity contribution >= 4 is 0 Å². The molecule has 4 aliphatic heterocycles. The summed E-state index contributed by atoms with van der Waals surface area (Å²) in [7, 11) is 0. The number of halogens is 3. The number of morpholine rings is 1. The van der Waals surface area contributed by atoms with Crippen molar-refractivity contribution in [3.05, 3.63) is 0 Å². The summed E-state index contributed by atoms with van der Waals surface area (Å²) >= 11 is 0. The summed E-state index contributed by atoms with van der Waals surface area (Å²) in [5.74, 6) is -0.233. The van der Waals surface area contributed by atoms with Crippen LogP contribution in [0.1, 0.15) is 51.4 Å². The zero-order valence-electron chi connectivity index (χ0n) is 19.5. The van der Waals surface area contributed by atoms with Gasteiger partial charge in [0.15, 0.2) is 0 Å². The summed E-state index contributed by atoms with van der Waals surface area (Å²) in [6, 6.07) is 0.291. The fourth-order valence-corrected chi connectivity index (χ4v) is 6.63. The van der Waals surface area contributed by atoms with E-state index in [4.69, 9.17) is 9.57 Å². The molecule has 0 spiro atoms. The zero-order valence-corrected chi connectivity index (χ0v) is 19.5. The number of hydrogen-bond donors (Lipinski definition) is 3. The number of ether oxygens (including phenoxy) is 1. The number of likely N-dealkylation sites (tertiary alicyclic amines) is 1. The molecule has 0 aromatic carbocycles. The molecule has 4 saturated heterocycles. The third-order valence-corrected chi connectivity index (χ3v) is 8.61. The zero-order chi connectivity index (χ0) is 22.8. The van der Waals surface area contributed by atoms with Crippen LogP contribution in [0, 0.1) is 17.8 Å². The molecule has 10 heteroatoms. The van der Waals surface area contributed by atoms with Crippen molar-refractivity contribution in [3.8, 4) is 0 Å². The Morgan fingerprint density at radius 2 is 1.73 bits per heavy atom. The van der Waals surface area contributed by atoms with E-state index in [-0.39, 0.29) is 25.2 Å². The van der Waals surface area contributed by atoms with E-state index >= 15 is 0 Å². The quantitative estimate of drug-likeness (QED) is 0.564. The molecule has 190 valence electrons. The highest BCUT2D eigenvalue weighted by molar-refractivity contribution is 4.93. The summed E-state index contributed by atoms with van der Waals surface area (Å²) < 4.78 is 44.5. The van der Waals surface area contributed by atoms with Gasteiger partial charge >= 0.3 is 6.18 Å². The molecule has 0 aromatic rings. The van der Waals surface area contributed by atoms with Crippen molar-refractivity contribution in [3.63, 3.8) is 0 Å². The van der Waals surface area contributed by atoms with E-state index in [0.29, 0.717) is 36.9 Å². The smallest absolute Gasteiger partial charge is 0.379 e. The molecule has 0 amide bonds. The van der Waals surface area contributed by atoms with Gasteiger partial charge < -0.3 is 10.1 Å². The van der Waals surface area contributed by atoms with Crippen LogP contribution >= 0.6 is 0 Å². The Kier molecular flexibility index (Phi) is 7.81. The summed E-state index contributed by atoms with van der Waals surface area (Å²) in [6.07, 6.45) is 2.79. The minimum Gasteiger partial charge on any atom is -0.379 e. The van der Waals surface area contributed by atoms with Gasteiger partial charge in [-0.05, 0) is 76.3 Å². The molecular weight excluding hydrogens is 435 g/mol. The molecule has 0 aromatic heterocycles. The first-order valence-corrected chi connectivity index (χ1v) is 13.0. The maximum Gasteiger partial charge on any atom is 0.391 e. The number of alkyl halides is 3. The number of hydrogen-bond acceptors (Lipinski definition) is 7. The molecule has 1 aliphatic carbocycles. The Bertz CT molecular complexity index is 628. The van der Waals surface area contributed by atoms with Crippen molar-refractivity contribution in [2.45, 2.75) is 82.1 Å². The number of piperidine rings is 1. The average molecular weight is 476 g/mol. The van der Waals surface area contributed by atoms with Crippen molar-refractivity contribution in [1.82, 2.24) is 25.9 Å². The minimum absolute atomic E-state index is 0.0549. The second kappa shape index (κ2) is 10.6. The molecule has 5 fully saturated rings. The highest BCUT2D eigenvalue weighted by Crippen LogP contribution is 2.40. The predicted molar refractivity (Wildman–Crippen MR) is 118 cm³/mol. The van der Waals surface area contributed by atoms with E-state index < -0.39 is 12.1 Å². The fraction of sp³-hybridized carbons (Fsp3) is 1.00. The maximum atomic E-state index is 13.0. The number of nitrogens with zero attached hydrogens (tertiary/aromatic N) is 2. The highest BCUT2D eigenvalue weighted by Gasteiger charge is 2.44. The van der Waals surface area contributed by atoms with Gasteiger partial charge in [0.1, 0.15) is 6.23 Å². The van der Waals surface area contributed by atoms with Crippen LogP contribution in [0.2, 0.25) is 0 Å². The predicted octanol–water partition coefficient (Wildman–Crippen LogP) is 2.25. The van der Waals surface area contributed by atoms with Gasteiger partial charge in [0.05, 0.1) is 37.5 Å². The Morgan fingerprint density at radius 1 is 0.939 bits per heavy atom. The first-order chi connectivity index (χ1) is 16.0. The first kappa shape index (κ1) is 24.2. The molecule has 5 atom stereocenters. The normalized spacial score (nSPS) is 42.1. The lowest BCUT2D eigenvalue weighted by Gasteiger charge is -2.41. The van der Waals surface area contributed by atoms with Crippen LogP contribution < -0.4 is 16.1 Å². The molecule has 33 heavy (non-hydrogen) atoms. The van der Waals surface area contributed by atoms with Crippen LogP contribution in [0.25, 0.3) is 0 Å². The third-order valence-electron chi connectivity index (χ3n) is 8.61. The van der Waals surface area contributed by atoms with Gasteiger partial charge in [-0.2, -0.15) is 18.7 Å². The van der Waals surface area contributed by atoms with E-state index in [9.17, 15) is 13.2 Å².